The van der Waals surface area contributed by atoms with Crippen molar-refractivity contribution < 1.29 is 19.0 Å². The second-order valence-electron chi connectivity index (χ2n) is 5.19. The molecule has 0 fully saturated rings. The molecule has 1 aromatic heterocycles. The highest BCUT2D eigenvalue weighted by Gasteiger charge is 2.17. The highest BCUT2D eigenvalue weighted by Crippen LogP contribution is 2.35. The van der Waals surface area contributed by atoms with Gasteiger partial charge in [-0.3, -0.25) is 5.10 Å². The fourth-order valence-electron chi connectivity index (χ4n) is 2.30. The Morgan fingerprint density at radius 3 is 2.78 bits per heavy atom. The number of aromatic nitrogens is 2. The summed E-state index contributed by atoms with van der Waals surface area (Å²) in [6, 6.07) is 5.37. The summed E-state index contributed by atoms with van der Waals surface area (Å²) in [6.07, 6.45) is 1.84. The van der Waals surface area contributed by atoms with Crippen molar-refractivity contribution >= 4 is 21.9 Å². The van der Waals surface area contributed by atoms with Crippen molar-refractivity contribution in [3.05, 3.63) is 39.6 Å². The fourth-order valence-corrected chi connectivity index (χ4v) is 2.73. The first-order valence-corrected chi connectivity index (χ1v) is 8.26. The monoisotopic (exact) mass is 380 g/mol. The molecule has 0 atom stereocenters. The Bertz CT molecular complexity index is 714. The lowest BCUT2D eigenvalue weighted by molar-refractivity contribution is 0.0464. The molecule has 0 bridgehead atoms. The Morgan fingerprint density at radius 1 is 1.30 bits per heavy atom. The van der Waals surface area contributed by atoms with Crippen molar-refractivity contribution in [2.75, 3.05) is 13.2 Å². The molecule has 1 aromatic carbocycles. The predicted octanol–water partition coefficient (Wildman–Crippen LogP) is 3.25. The zero-order valence-corrected chi connectivity index (χ0v) is 14.3. The summed E-state index contributed by atoms with van der Waals surface area (Å²) in [6.45, 7) is 3.25. The zero-order chi connectivity index (χ0) is 16.2. The van der Waals surface area contributed by atoms with E-state index in [4.69, 9.17) is 14.2 Å². The van der Waals surface area contributed by atoms with Crippen LogP contribution in [0, 0.1) is 0 Å². The standard InChI is InChI=1S/C16H17BrN2O4/c1-2-3-11-7-13(19-18-11)16(20)23-9-10-6-14-15(8-12(10)17)22-5-4-21-14/h6-8H,2-5,9H2,1H3,(H,18,19). The van der Waals surface area contributed by atoms with Crippen LogP contribution in [0.2, 0.25) is 0 Å². The van der Waals surface area contributed by atoms with E-state index in [0.717, 1.165) is 28.6 Å². The van der Waals surface area contributed by atoms with Gasteiger partial charge in [0.25, 0.3) is 0 Å². The summed E-state index contributed by atoms with van der Waals surface area (Å²) in [7, 11) is 0. The van der Waals surface area contributed by atoms with E-state index in [0.29, 0.717) is 30.4 Å². The van der Waals surface area contributed by atoms with E-state index < -0.39 is 5.97 Å². The molecule has 2 heterocycles. The molecule has 7 heteroatoms. The number of fused-ring (bicyclic) bond motifs is 1. The van der Waals surface area contributed by atoms with E-state index in [1.165, 1.54) is 0 Å². The average Bonchev–Trinajstić information content (AvgIpc) is 3.01. The summed E-state index contributed by atoms with van der Waals surface area (Å²) >= 11 is 3.46. The van der Waals surface area contributed by atoms with Gasteiger partial charge in [0, 0.05) is 15.7 Å². The largest absolute Gasteiger partial charge is 0.486 e. The third-order valence-corrected chi connectivity index (χ3v) is 4.17. The molecule has 0 saturated carbocycles. The molecule has 1 N–H and O–H groups in total. The number of ether oxygens (including phenoxy) is 3. The third-order valence-electron chi connectivity index (χ3n) is 3.43. The topological polar surface area (TPSA) is 73.4 Å². The fraction of sp³-hybridized carbons (Fsp3) is 0.375. The van der Waals surface area contributed by atoms with E-state index in [-0.39, 0.29) is 6.61 Å². The molecule has 0 saturated heterocycles. The van der Waals surface area contributed by atoms with Crippen molar-refractivity contribution in [3.8, 4) is 11.5 Å². The summed E-state index contributed by atoms with van der Waals surface area (Å²) < 4.78 is 17.2. The molecule has 0 unspecified atom stereocenters. The first-order chi connectivity index (χ1) is 11.2. The van der Waals surface area contributed by atoms with Crippen LogP contribution in [0.5, 0.6) is 11.5 Å². The number of halogens is 1. The Kier molecular flexibility index (Phi) is 4.85. The molecule has 23 heavy (non-hydrogen) atoms. The van der Waals surface area contributed by atoms with Gasteiger partial charge in [-0.25, -0.2) is 4.79 Å². The molecule has 1 aliphatic heterocycles. The number of hydrogen-bond acceptors (Lipinski definition) is 5. The van der Waals surface area contributed by atoms with E-state index in [2.05, 4.69) is 33.1 Å². The molecule has 6 nitrogen and oxygen atoms in total. The zero-order valence-electron chi connectivity index (χ0n) is 12.7. The molecule has 0 radical (unpaired) electrons. The van der Waals surface area contributed by atoms with Crippen LogP contribution in [0.1, 0.15) is 35.1 Å². The minimum Gasteiger partial charge on any atom is -0.486 e. The van der Waals surface area contributed by atoms with Crippen LogP contribution >= 0.6 is 15.9 Å². The van der Waals surface area contributed by atoms with E-state index in [9.17, 15) is 4.79 Å². The van der Waals surface area contributed by atoms with Gasteiger partial charge in [0.15, 0.2) is 17.2 Å². The first kappa shape index (κ1) is 15.9. The van der Waals surface area contributed by atoms with Crippen molar-refractivity contribution in [1.29, 1.82) is 0 Å². The number of carbonyl (C=O) groups excluding carboxylic acids is 1. The Hall–Kier alpha value is -2.02. The number of aromatic amines is 1. The smallest absolute Gasteiger partial charge is 0.359 e. The van der Waals surface area contributed by atoms with Crippen LogP contribution in [-0.2, 0) is 17.8 Å². The summed E-state index contributed by atoms with van der Waals surface area (Å²) in [5.74, 6) is 0.899. The lowest BCUT2D eigenvalue weighted by atomic mass is 10.2. The minimum atomic E-state index is -0.453. The molecular formula is C16H17BrN2O4. The second-order valence-corrected chi connectivity index (χ2v) is 6.05. The van der Waals surface area contributed by atoms with Gasteiger partial charge >= 0.3 is 5.97 Å². The van der Waals surface area contributed by atoms with E-state index in [1.807, 2.05) is 12.1 Å². The summed E-state index contributed by atoms with van der Waals surface area (Å²) in [5.41, 5.74) is 2.04. The number of carbonyl (C=O) groups is 1. The lowest BCUT2D eigenvalue weighted by Crippen LogP contribution is -2.15. The molecule has 122 valence electrons. The average molecular weight is 381 g/mol. The Balaban J connectivity index is 1.66. The molecule has 3 rings (SSSR count). The molecule has 0 aliphatic carbocycles. The van der Waals surface area contributed by atoms with Crippen molar-refractivity contribution in [2.45, 2.75) is 26.4 Å². The number of nitrogens with one attached hydrogen (secondary N) is 1. The van der Waals surface area contributed by atoms with Gasteiger partial charge in [-0.05, 0) is 24.6 Å². The van der Waals surface area contributed by atoms with Gasteiger partial charge in [-0.2, -0.15) is 5.10 Å². The molecule has 1 aliphatic rings. The van der Waals surface area contributed by atoms with Crippen LogP contribution in [-0.4, -0.2) is 29.4 Å². The van der Waals surface area contributed by atoms with Crippen LogP contribution < -0.4 is 9.47 Å². The second kappa shape index (κ2) is 7.04. The summed E-state index contributed by atoms with van der Waals surface area (Å²) in [5, 5.41) is 6.83. The number of benzene rings is 1. The first-order valence-electron chi connectivity index (χ1n) is 7.46. The van der Waals surface area contributed by atoms with E-state index in [1.54, 1.807) is 6.07 Å². The Labute approximate surface area is 142 Å². The van der Waals surface area contributed by atoms with Gasteiger partial charge < -0.3 is 14.2 Å². The lowest BCUT2D eigenvalue weighted by Gasteiger charge is -2.19. The maximum Gasteiger partial charge on any atom is 0.359 e. The Morgan fingerprint density at radius 2 is 2.04 bits per heavy atom. The minimum absolute atomic E-state index is 0.131. The van der Waals surface area contributed by atoms with Gasteiger partial charge in [0.2, 0.25) is 0 Å². The van der Waals surface area contributed by atoms with Gasteiger partial charge in [-0.1, -0.05) is 29.3 Å². The van der Waals surface area contributed by atoms with Crippen molar-refractivity contribution in [1.82, 2.24) is 10.2 Å². The highest BCUT2D eigenvalue weighted by atomic mass is 79.9. The number of aryl methyl sites for hydroxylation is 1. The number of H-pyrrole nitrogens is 1. The van der Waals surface area contributed by atoms with Crippen molar-refractivity contribution in [3.63, 3.8) is 0 Å². The highest BCUT2D eigenvalue weighted by molar-refractivity contribution is 9.10. The third kappa shape index (κ3) is 3.67. The predicted molar refractivity (Wildman–Crippen MR) is 86.8 cm³/mol. The SMILES string of the molecule is CCCc1cc(C(=O)OCc2cc3c(cc2Br)OCCO3)n[nH]1. The maximum atomic E-state index is 12.1. The molecule has 0 amide bonds. The van der Waals surface area contributed by atoms with Crippen LogP contribution in [0.25, 0.3) is 0 Å². The van der Waals surface area contributed by atoms with Gasteiger partial charge in [0.05, 0.1) is 0 Å². The molecule has 0 spiro atoms. The maximum absolute atomic E-state index is 12.1. The van der Waals surface area contributed by atoms with Crippen LogP contribution in [0.4, 0.5) is 0 Å². The van der Waals surface area contributed by atoms with Crippen molar-refractivity contribution in [2.24, 2.45) is 0 Å². The molecular weight excluding hydrogens is 364 g/mol. The van der Waals surface area contributed by atoms with Crippen LogP contribution in [0.15, 0.2) is 22.7 Å². The van der Waals surface area contributed by atoms with E-state index >= 15 is 0 Å². The normalized spacial score (nSPS) is 13.0. The number of rotatable bonds is 5. The van der Waals surface area contributed by atoms with Gasteiger partial charge in [-0.15, -0.1) is 0 Å². The van der Waals surface area contributed by atoms with Crippen LogP contribution in [0.3, 0.4) is 0 Å². The summed E-state index contributed by atoms with van der Waals surface area (Å²) in [4.78, 5) is 12.1. The number of esters is 1. The van der Waals surface area contributed by atoms with Gasteiger partial charge in [0.1, 0.15) is 19.8 Å². The molecule has 2 aromatic rings. The number of nitrogens with zero attached hydrogens (tertiary/aromatic N) is 1. The number of hydrogen-bond donors (Lipinski definition) is 1. The quantitative estimate of drug-likeness (QED) is 0.805.